The molecule has 0 unspecified atom stereocenters. The third-order valence-electron chi connectivity index (χ3n) is 4.14. The minimum Gasteiger partial charge on any atom is -0.497 e. The van der Waals surface area contributed by atoms with Crippen LogP contribution in [0.25, 0.3) is 6.08 Å². The largest absolute Gasteiger partial charge is 0.497 e. The Kier molecular flexibility index (Phi) is 6.39. The molecule has 28 heavy (non-hydrogen) atoms. The molecule has 0 radical (unpaired) electrons. The number of aromatic nitrogens is 2. The first-order valence-electron chi connectivity index (χ1n) is 8.56. The number of halogens is 2. The van der Waals surface area contributed by atoms with Crippen molar-refractivity contribution < 1.29 is 9.53 Å². The minimum absolute atomic E-state index is 0.267. The molecule has 1 aromatic heterocycles. The highest BCUT2D eigenvalue weighted by Crippen LogP contribution is 2.25. The summed E-state index contributed by atoms with van der Waals surface area (Å²) in [5, 5.41) is 8.34. The van der Waals surface area contributed by atoms with Gasteiger partial charge in [-0.1, -0.05) is 41.4 Å². The van der Waals surface area contributed by atoms with Crippen LogP contribution in [0.2, 0.25) is 10.0 Å². The number of nitrogens with one attached hydrogen (secondary N) is 1. The van der Waals surface area contributed by atoms with Crippen LogP contribution >= 0.6 is 23.2 Å². The van der Waals surface area contributed by atoms with Gasteiger partial charge in [0.15, 0.2) is 5.82 Å². The molecule has 3 rings (SSSR count). The zero-order valence-corrected chi connectivity index (χ0v) is 17.0. The van der Waals surface area contributed by atoms with Crippen LogP contribution in [0.3, 0.4) is 0 Å². The molecule has 0 bridgehead atoms. The number of amides is 1. The van der Waals surface area contributed by atoms with Gasteiger partial charge in [-0.2, -0.15) is 5.10 Å². The predicted molar refractivity (Wildman–Crippen MR) is 113 cm³/mol. The maximum absolute atomic E-state index is 12.2. The number of hydrogen-bond donors (Lipinski definition) is 1. The molecule has 0 saturated heterocycles. The fourth-order valence-corrected chi connectivity index (χ4v) is 3.14. The van der Waals surface area contributed by atoms with Crippen molar-refractivity contribution in [1.82, 2.24) is 9.78 Å². The average Bonchev–Trinajstić information content (AvgIpc) is 3.02. The molecule has 0 fully saturated rings. The molecule has 1 N–H and O–H groups in total. The quantitative estimate of drug-likeness (QED) is 0.562. The maximum atomic E-state index is 12.2. The highest BCUT2D eigenvalue weighted by molar-refractivity contribution is 6.35. The summed E-state index contributed by atoms with van der Waals surface area (Å²) in [5.41, 5.74) is 2.56. The van der Waals surface area contributed by atoms with E-state index in [9.17, 15) is 4.79 Å². The zero-order valence-electron chi connectivity index (χ0n) is 15.4. The SMILES string of the molecule is COc1ccc(/C=C/C(=O)Nc2cc(C)n(Cc3c(Cl)cccc3Cl)n2)cc1. The van der Waals surface area contributed by atoms with Crippen LogP contribution in [0.4, 0.5) is 5.82 Å². The number of aryl methyl sites for hydroxylation is 1. The van der Waals surface area contributed by atoms with Crippen LogP contribution < -0.4 is 10.1 Å². The second kappa shape index (κ2) is 8.95. The van der Waals surface area contributed by atoms with Gasteiger partial charge in [-0.15, -0.1) is 0 Å². The van der Waals surface area contributed by atoms with Gasteiger partial charge in [0.25, 0.3) is 0 Å². The van der Waals surface area contributed by atoms with Crippen LogP contribution in [-0.4, -0.2) is 22.8 Å². The average molecular weight is 416 g/mol. The van der Waals surface area contributed by atoms with Gasteiger partial charge in [0.1, 0.15) is 5.75 Å². The summed E-state index contributed by atoms with van der Waals surface area (Å²) in [6.45, 7) is 2.32. The molecule has 1 heterocycles. The number of carbonyl (C=O) groups excluding carboxylic acids is 1. The molecular formula is C21H19Cl2N3O2. The fourth-order valence-electron chi connectivity index (χ4n) is 2.62. The minimum atomic E-state index is -0.267. The van der Waals surface area contributed by atoms with E-state index in [1.807, 2.05) is 31.2 Å². The zero-order chi connectivity index (χ0) is 20.1. The van der Waals surface area contributed by atoms with Crippen molar-refractivity contribution in [3.8, 4) is 5.75 Å². The highest BCUT2D eigenvalue weighted by atomic mass is 35.5. The number of ether oxygens (including phenoxy) is 1. The van der Waals surface area contributed by atoms with Crippen LogP contribution in [0.5, 0.6) is 5.75 Å². The van der Waals surface area contributed by atoms with Gasteiger partial charge in [0.2, 0.25) is 5.91 Å². The lowest BCUT2D eigenvalue weighted by atomic mass is 10.2. The summed E-state index contributed by atoms with van der Waals surface area (Å²) in [6, 6.07) is 14.6. The summed E-state index contributed by atoms with van der Waals surface area (Å²) < 4.78 is 6.86. The molecule has 1 amide bonds. The molecule has 7 heteroatoms. The van der Waals surface area contributed by atoms with E-state index in [0.717, 1.165) is 22.6 Å². The Morgan fingerprint density at radius 2 is 1.86 bits per heavy atom. The number of carbonyl (C=O) groups is 1. The maximum Gasteiger partial charge on any atom is 0.249 e. The van der Waals surface area contributed by atoms with Crippen LogP contribution in [-0.2, 0) is 11.3 Å². The number of hydrogen-bond acceptors (Lipinski definition) is 3. The standard InChI is InChI=1S/C21H19Cl2N3O2/c1-14-12-20(25-26(14)13-17-18(22)4-3-5-19(17)23)24-21(27)11-8-15-6-9-16(28-2)10-7-15/h3-12H,13H2,1-2H3,(H,24,25,27)/b11-8+. The van der Waals surface area contributed by atoms with Crippen LogP contribution in [0.1, 0.15) is 16.8 Å². The Morgan fingerprint density at radius 1 is 1.18 bits per heavy atom. The second-order valence-corrected chi connectivity index (χ2v) is 6.94. The second-order valence-electron chi connectivity index (χ2n) is 6.12. The van der Waals surface area contributed by atoms with E-state index >= 15 is 0 Å². The van der Waals surface area contributed by atoms with E-state index in [-0.39, 0.29) is 5.91 Å². The summed E-state index contributed by atoms with van der Waals surface area (Å²) in [5.74, 6) is 0.961. The Bertz CT molecular complexity index is 991. The molecule has 0 aliphatic rings. The summed E-state index contributed by atoms with van der Waals surface area (Å²) in [6.07, 6.45) is 3.18. The van der Waals surface area contributed by atoms with Crippen molar-refractivity contribution in [2.45, 2.75) is 13.5 Å². The first-order valence-corrected chi connectivity index (χ1v) is 9.32. The predicted octanol–water partition coefficient (Wildman–Crippen LogP) is 5.21. The first kappa shape index (κ1) is 20.0. The van der Waals surface area contributed by atoms with Crippen molar-refractivity contribution in [3.05, 3.63) is 81.5 Å². The topological polar surface area (TPSA) is 56.1 Å². The molecular weight excluding hydrogens is 397 g/mol. The normalized spacial score (nSPS) is 11.0. The van der Waals surface area contributed by atoms with E-state index in [2.05, 4.69) is 10.4 Å². The third kappa shape index (κ3) is 4.94. The van der Waals surface area contributed by atoms with Gasteiger partial charge >= 0.3 is 0 Å². The van der Waals surface area contributed by atoms with Crippen molar-refractivity contribution >= 4 is 41.0 Å². The summed E-state index contributed by atoms with van der Waals surface area (Å²) in [7, 11) is 1.61. The molecule has 2 aromatic carbocycles. The third-order valence-corrected chi connectivity index (χ3v) is 4.85. The van der Waals surface area contributed by atoms with Gasteiger partial charge in [-0.25, -0.2) is 0 Å². The monoisotopic (exact) mass is 415 g/mol. The van der Waals surface area contributed by atoms with Gasteiger partial charge in [-0.3, -0.25) is 9.48 Å². The molecule has 3 aromatic rings. The first-order chi connectivity index (χ1) is 13.5. The lowest BCUT2D eigenvalue weighted by Gasteiger charge is -2.08. The Hall–Kier alpha value is -2.76. The van der Waals surface area contributed by atoms with Crippen molar-refractivity contribution in [3.63, 3.8) is 0 Å². The summed E-state index contributed by atoms with van der Waals surface area (Å²) in [4.78, 5) is 12.2. The van der Waals surface area contributed by atoms with Crippen molar-refractivity contribution in [2.75, 3.05) is 12.4 Å². The van der Waals surface area contributed by atoms with Crippen molar-refractivity contribution in [2.24, 2.45) is 0 Å². The number of nitrogens with zero attached hydrogens (tertiary/aromatic N) is 2. The Balaban J connectivity index is 1.67. The lowest BCUT2D eigenvalue weighted by molar-refractivity contribution is -0.111. The smallest absolute Gasteiger partial charge is 0.249 e. The van der Waals surface area contributed by atoms with E-state index < -0.39 is 0 Å². The Labute approximate surface area is 173 Å². The van der Waals surface area contributed by atoms with Gasteiger partial charge in [-0.05, 0) is 42.8 Å². The highest BCUT2D eigenvalue weighted by Gasteiger charge is 2.11. The molecule has 0 aliphatic heterocycles. The number of anilines is 1. The van der Waals surface area contributed by atoms with E-state index in [1.54, 1.807) is 42.1 Å². The van der Waals surface area contributed by atoms with E-state index in [4.69, 9.17) is 27.9 Å². The molecule has 0 aliphatic carbocycles. The molecule has 5 nitrogen and oxygen atoms in total. The molecule has 144 valence electrons. The molecule has 0 atom stereocenters. The van der Waals surface area contributed by atoms with Crippen LogP contribution in [0.15, 0.2) is 54.6 Å². The van der Waals surface area contributed by atoms with Crippen molar-refractivity contribution in [1.29, 1.82) is 0 Å². The summed E-state index contributed by atoms with van der Waals surface area (Å²) >= 11 is 12.5. The van der Waals surface area contributed by atoms with Gasteiger partial charge in [0, 0.05) is 33.4 Å². The number of rotatable bonds is 6. The van der Waals surface area contributed by atoms with Gasteiger partial charge < -0.3 is 10.1 Å². The number of methoxy groups -OCH3 is 1. The lowest BCUT2D eigenvalue weighted by Crippen LogP contribution is -2.10. The van der Waals surface area contributed by atoms with Crippen LogP contribution in [0, 0.1) is 6.92 Å². The van der Waals surface area contributed by atoms with E-state index in [0.29, 0.717) is 22.4 Å². The van der Waals surface area contributed by atoms with Gasteiger partial charge in [0.05, 0.1) is 13.7 Å². The molecule has 0 spiro atoms. The fraction of sp³-hybridized carbons (Fsp3) is 0.143. The van der Waals surface area contributed by atoms with E-state index in [1.165, 1.54) is 6.08 Å². The Morgan fingerprint density at radius 3 is 2.50 bits per heavy atom. The number of benzene rings is 2. The molecule has 0 saturated carbocycles.